The van der Waals surface area contributed by atoms with Crippen molar-refractivity contribution < 1.29 is 22.8 Å². The lowest BCUT2D eigenvalue weighted by Crippen LogP contribution is -2.64. The number of halogens is 3. The first-order valence-electron chi connectivity index (χ1n) is 4.86. The van der Waals surface area contributed by atoms with Crippen molar-refractivity contribution >= 4 is 11.8 Å². The molecule has 100 valence electrons. The van der Waals surface area contributed by atoms with E-state index in [1.54, 1.807) is 0 Å². The zero-order chi connectivity index (χ0) is 14.0. The van der Waals surface area contributed by atoms with E-state index in [4.69, 9.17) is 11.5 Å². The van der Waals surface area contributed by atoms with E-state index in [1.807, 2.05) is 0 Å². The minimum Gasteiger partial charge on any atom is -0.368 e. The van der Waals surface area contributed by atoms with Crippen LogP contribution in [0.2, 0.25) is 0 Å². The molecule has 0 radical (unpaired) electrons. The summed E-state index contributed by atoms with van der Waals surface area (Å²) in [6.07, 6.45) is -4.89. The molecule has 0 fully saturated rings. The molecule has 17 heavy (non-hydrogen) atoms. The molecule has 0 aromatic rings. The van der Waals surface area contributed by atoms with Crippen LogP contribution in [0.4, 0.5) is 13.2 Å². The van der Waals surface area contributed by atoms with Crippen LogP contribution in [0.3, 0.4) is 0 Å². The summed E-state index contributed by atoms with van der Waals surface area (Å²) in [5.41, 5.74) is 6.81. The molecule has 0 aliphatic rings. The highest BCUT2D eigenvalue weighted by Gasteiger charge is 2.55. The van der Waals surface area contributed by atoms with E-state index in [-0.39, 0.29) is 0 Å². The van der Waals surface area contributed by atoms with Crippen LogP contribution in [0.1, 0.15) is 20.8 Å². The first-order chi connectivity index (χ1) is 7.41. The molecule has 0 aliphatic carbocycles. The standard InChI is InChI=1S/C9H16F3N3O2/c1-5(2)15(4-6(13)16)7(17)8(3,14)9(10,11)12/h5H,4,14H2,1-3H3,(H2,13,16). The first-order valence-corrected chi connectivity index (χ1v) is 4.86. The Labute approximate surface area is 96.9 Å². The lowest BCUT2D eigenvalue weighted by atomic mass is 10.0. The predicted octanol–water partition coefficient (Wildman–Crippen LogP) is -0.0116. The van der Waals surface area contributed by atoms with E-state index < -0.39 is 36.1 Å². The second kappa shape index (κ2) is 4.91. The van der Waals surface area contributed by atoms with Crippen LogP contribution < -0.4 is 11.5 Å². The zero-order valence-corrected chi connectivity index (χ0v) is 9.84. The van der Waals surface area contributed by atoms with Gasteiger partial charge in [0.2, 0.25) is 5.91 Å². The minimum absolute atomic E-state index is 0.561. The predicted molar refractivity (Wildman–Crippen MR) is 54.7 cm³/mol. The third-order valence-electron chi connectivity index (χ3n) is 2.24. The number of amides is 2. The molecule has 0 saturated carbocycles. The Morgan fingerprint density at radius 1 is 1.29 bits per heavy atom. The Morgan fingerprint density at radius 2 is 1.71 bits per heavy atom. The third kappa shape index (κ3) is 3.58. The molecule has 0 aromatic heterocycles. The van der Waals surface area contributed by atoms with E-state index >= 15 is 0 Å². The van der Waals surface area contributed by atoms with Crippen LogP contribution in [0, 0.1) is 0 Å². The number of alkyl halides is 3. The fourth-order valence-corrected chi connectivity index (χ4v) is 1.08. The topological polar surface area (TPSA) is 89.4 Å². The Bertz CT molecular complexity index is 313. The molecule has 8 heteroatoms. The van der Waals surface area contributed by atoms with Crippen LogP contribution in [0.25, 0.3) is 0 Å². The summed E-state index contributed by atoms with van der Waals surface area (Å²) in [5, 5.41) is 0. The van der Waals surface area contributed by atoms with Crippen molar-refractivity contribution in [2.45, 2.75) is 38.5 Å². The van der Waals surface area contributed by atoms with E-state index in [0.717, 1.165) is 0 Å². The van der Waals surface area contributed by atoms with Gasteiger partial charge in [-0.15, -0.1) is 0 Å². The summed E-state index contributed by atoms with van der Waals surface area (Å²) in [5.74, 6) is -2.27. The van der Waals surface area contributed by atoms with Crippen LogP contribution in [0.15, 0.2) is 0 Å². The highest BCUT2D eigenvalue weighted by molar-refractivity contribution is 5.90. The van der Waals surface area contributed by atoms with Crippen molar-refractivity contribution in [3.8, 4) is 0 Å². The summed E-state index contributed by atoms with van der Waals surface area (Å²) in [7, 11) is 0. The van der Waals surface area contributed by atoms with Gasteiger partial charge >= 0.3 is 6.18 Å². The monoisotopic (exact) mass is 255 g/mol. The molecule has 0 rings (SSSR count). The molecule has 1 atom stereocenters. The highest BCUT2D eigenvalue weighted by Crippen LogP contribution is 2.29. The number of nitrogens with zero attached hydrogens (tertiary/aromatic N) is 1. The van der Waals surface area contributed by atoms with Crippen LogP contribution in [-0.2, 0) is 9.59 Å². The van der Waals surface area contributed by atoms with Crippen LogP contribution in [-0.4, -0.2) is 41.0 Å². The second-order valence-electron chi connectivity index (χ2n) is 4.19. The molecular weight excluding hydrogens is 239 g/mol. The maximum atomic E-state index is 12.6. The van der Waals surface area contributed by atoms with Gasteiger partial charge in [-0.1, -0.05) is 0 Å². The van der Waals surface area contributed by atoms with Crippen molar-refractivity contribution in [3.63, 3.8) is 0 Å². The van der Waals surface area contributed by atoms with Gasteiger partial charge in [0, 0.05) is 6.04 Å². The molecule has 0 heterocycles. The van der Waals surface area contributed by atoms with Gasteiger partial charge in [0.1, 0.15) is 0 Å². The first kappa shape index (κ1) is 15.7. The van der Waals surface area contributed by atoms with Crippen molar-refractivity contribution in [1.29, 1.82) is 0 Å². The molecule has 5 nitrogen and oxygen atoms in total. The van der Waals surface area contributed by atoms with E-state index in [2.05, 4.69) is 0 Å². The maximum absolute atomic E-state index is 12.6. The third-order valence-corrected chi connectivity index (χ3v) is 2.24. The van der Waals surface area contributed by atoms with E-state index in [0.29, 0.717) is 11.8 Å². The molecule has 0 spiro atoms. The average molecular weight is 255 g/mol. The van der Waals surface area contributed by atoms with Gasteiger partial charge in [-0.05, 0) is 20.8 Å². The Balaban J connectivity index is 5.16. The molecule has 4 N–H and O–H groups in total. The fraction of sp³-hybridized carbons (Fsp3) is 0.778. The molecule has 0 saturated heterocycles. The number of carbonyl (C=O) groups is 2. The smallest absolute Gasteiger partial charge is 0.368 e. The number of nitrogens with two attached hydrogens (primary N) is 2. The van der Waals surface area contributed by atoms with Gasteiger partial charge < -0.3 is 16.4 Å². The molecule has 0 aromatic carbocycles. The molecular formula is C9H16F3N3O2. The van der Waals surface area contributed by atoms with Crippen molar-refractivity contribution in [3.05, 3.63) is 0 Å². The Hall–Kier alpha value is -1.31. The SMILES string of the molecule is CC(C)N(CC(N)=O)C(=O)C(C)(N)C(F)(F)F. The average Bonchev–Trinajstić information content (AvgIpc) is 2.10. The van der Waals surface area contributed by atoms with Gasteiger partial charge in [0.15, 0.2) is 5.54 Å². The lowest BCUT2D eigenvalue weighted by Gasteiger charge is -2.34. The Kier molecular flexibility index (Phi) is 4.53. The molecule has 0 aliphatic heterocycles. The summed E-state index contributed by atoms with van der Waals surface area (Å²) < 4.78 is 37.7. The number of hydrogen-bond donors (Lipinski definition) is 2. The van der Waals surface area contributed by atoms with Crippen molar-refractivity contribution in [2.75, 3.05) is 6.54 Å². The minimum atomic E-state index is -4.89. The summed E-state index contributed by atoms with van der Waals surface area (Å²) in [6.45, 7) is 2.89. The summed E-state index contributed by atoms with van der Waals surface area (Å²) in [4.78, 5) is 23.1. The number of primary amides is 1. The van der Waals surface area contributed by atoms with Crippen LogP contribution in [0.5, 0.6) is 0 Å². The largest absolute Gasteiger partial charge is 0.415 e. The lowest BCUT2D eigenvalue weighted by molar-refractivity contribution is -0.194. The summed E-state index contributed by atoms with van der Waals surface area (Å²) >= 11 is 0. The number of rotatable bonds is 4. The quantitative estimate of drug-likeness (QED) is 0.740. The maximum Gasteiger partial charge on any atom is 0.415 e. The van der Waals surface area contributed by atoms with E-state index in [9.17, 15) is 22.8 Å². The molecule has 0 bridgehead atoms. The van der Waals surface area contributed by atoms with Gasteiger partial charge in [0.25, 0.3) is 5.91 Å². The van der Waals surface area contributed by atoms with Gasteiger partial charge in [-0.2, -0.15) is 13.2 Å². The van der Waals surface area contributed by atoms with Crippen molar-refractivity contribution in [1.82, 2.24) is 4.90 Å². The highest BCUT2D eigenvalue weighted by atomic mass is 19.4. The fourth-order valence-electron chi connectivity index (χ4n) is 1.08. The Morgan fingerprint density at radius 3 is 1.94 bits per heavy atom. The second-order valence-corrected chi connectivity index (χ2v) is 4.19. The molecule has 2 amide bonds. The van der Waals surface area contributed by atoms with Crippen LogP contribution >= 0.6 is 0 Å². The normalized spacial score (nSPS) is 15.5. The van der Waals surface area contributed by atoms with Gasteiger partial charge in [-0.3, -0.25) is 9.59 Å². The zero-order valence-electron chi connectivity index (χ0n) is 9.84. The van der Waals surface area contributed by atoms with Gasteiger partial charge in [0.05, 0.1) is 6.54 Å². The summed E-state index contributed by atoms with van der Waals surface area (Å²) in [6, 6.07) is -0.611. The number of carbonyl (C=O) groups excluding carboxylic acids is 2. The molecule has 1 unspecified atom stereocenters. The number of hydrogen-bond acceptors (Lipinski definition) is 3. The van der Waals surface area contributed by atoms with E-state index in [1.165, 1.54) is 13.8 Å². The van der Waals surface area contributed by atoms with Crippen molar-refractivity contribution in [2.24, 2.45) is 11.5 Å². The van der Waals surface area contributed by atoms with Gasteiger partial charge in [-0.25, -0.2) is 0 Å².